The molecule has 1 N–H and O–H groups in total. The monoisotopic (exact) mass is 427 g/mol. The van der Waals surface area contributed by atoms with Crippen molar-refractivity contribution in [2.45, 2.75) is 24.0 Å². The highest BCUT2D eigenvalue weighted by atomic mass is 127. The summed E-state index contributed by atoms with van der Waals surface area (Å²) in [6.07, 6.45) is 0. The van der Waals surface area contributed by atoms with Gasteiger partial charge in [-0.25, -0.2) is 0 Å². The quantitative estimate of drug-likeness (QED) is 0.554. The van der Waals surface area contributed by atoms with Crippen LogP contribution in [0.5, 0.6) is 5.75 Å². The number of methoxy groups -OCH3 is 1. The van der Waals surface area contributed by atoms with E-state index in [0.717, 1.165) is 25.5 Å². The van der Waals surface area contributed by atoms with Crippen LogP contribution in [0.4, 0.5) is 5.69 Å². The zero-order valence-electron chi connectivity index (χ0n) is 12.7. The van der Waals surface area contributed by atoms with Crippen molar-refractivity contribution >= 4 is 45.9 Å². The van der Waals surface area contributed by atoms with Crippen molar-refractivity contribution in [3.05, 3.63) is 51.6 Å². The molecule has 2 aromatic carbocycles. The second kappa shape index (κ2) is 7.87. The van der Waals surface area contributed by atoms with Gasteiger partial charge in [0.1, 0.15) is 5.75 Å². The second-order valence-electron chi connectivity index (χ2n) is 4.88. The zero-order chi connectivity index (χ0) is 16.1. The van der Waals surface area contributed by atoms with Gasteiger partial charge in [0.25, 0.3) is 0 Å². The first-order chi connectivity index (χ1) is 10.5. The summed E-state index contributed by atoms with van der Waals surface area (Å²) >= 11 is 3.79. The fraction of sp³-hybridized carbons (Fsp3) is 0.235. The van der Waals surface area contributed by atoms with Crippen molar-refractivity contribution in [2.75, 3.05) is 12.4 Å². The van der Waals surface area contributed by atoms with E-state index in [0.29, 0.717) is 0 Å². The third kappa shape index (κ3) is 4.64. The molecule has 22 heavy (non-hydrogen) atoms. The molecule has 0 aromatic heterocycles. The SMILES string of the molecule is COc1ccc(SC(C)C(=O)Nc2ccc(I)cc2C)cc1. The van der Waals surface area contributed by atoms with E-state index in [1.807, 2.05) is 50.2 Å². The van der Waals surface area contributed by atoms with Crippen LogP contribution in [0.25, 0.3) is 0 Å². The molecule has 0 saturated carbocycles. The molecule has 5 heteroatoms. The highest BCUT2D eigenvalue weighted by Crippen LogP contribution is 2.26. The Morgan fingerprint density at radius 2 is 1.91 bits per heavy atom. The summed E-state index contributed by atoms with van der Waals surface area (Å²) in [5.41, 5.74) is 1.94. The predicted octanol–water partition coefficient (Wildman–Crippen LogP) is 4.73. The maximum absolute atomic E-state index is 12.3. The van der Waals surface area contributed by atoms with Gasteiger partial charge >= 0.3 is 0 Å². The number of hydrogen-bond donors (Lipinski definition) is 1. The molecule has 3 nitrogen and oxygen atoms in total. The zero-order valence-corrected chi connectivity index (χ0v) is 15.7. The van der Waals surface area contributed by atoms with Crippen LogP contribution in [-0.2, 0) is 4.79 Å². The lowest BCUT2D eigenvalue weighted by atomic mass is 10.2. The molecule has 0 aliphatic rings. The Kier molecular flexibility index (Phi) is 6.14. The first-order valence-corrected chi connectivity index (χ1v) is 8.83. The molecule has 2 aromatic rings. The number of aryl methyl sites for hydroxylation is 1. The summed E-state index contributed by atoms with van der Waals surface area (Å²) in [6, 6.07) is 13.7. The molecule has 1 unspecified atom stereocenters. The van der Waals surface area contributed by atoms with Gasteiger partial charge in [-0.1, -0.05) is 0 Å². The minimum atomic E-state index is -0.174. The molecular formula is C17H18INO2S. The summed E-state index contributed by atoms with van der Waals surface area (Å²) in [7, 11) is 1.64. The van der Waals surface area contributed by atoms with E-state index in [4.69, 9.17) is 4.74 Å². The molecule has 1 amide bonds. The van der Waals surface area contributed by atoms with Crippen LogP contribution in [0, 0.1) is 10.5 Å². The molecule has 0 aliphatic carbocycles. The van der Waals surface area contributed by atoms with Crippen molar-refractivity contribution in [1.29, 1.82) is 0 Å². The van der Waals surface area contributed by atoms with Gasteiger partial charge in [0.15, 0.2) is 0 Å². The molecule has 0 radical (unpaired) electrons. The summed E-state index contributed by atoms with van der Waals surface area (Å²) in [6.45, 7) is 3.91. The number of thioether (sulfide) groups is 1. The van der Waals surface area contributed by atoms with Crippen LogP contribution in [0.1, 0.15) is 12.5 Å². The van der Waals surface area contributed by atoms with Crippen LogP contribution in [0.2, 0.25) is 0 Å². The highest BCUT2D eigenvalue weighted by Gasteiger charge is 2.15. The lowest BCUT2D eigenvalue weighted by molar-refractivity contribution is -0.115. The third-order valence-electron chi connectivity index (χ3n) is 3.19. The highest BCUT2D eigenvalue weighted by molar-refractivity contribution is 14.1. The standard InChI is InChI=1S/C17H18INO2S/c1-11-10-13(18)4-9-16(11)19-17(20)12(2)22-15-7-5-14(21-3)6-8-15/h4-10,12H,1-3H3,(H,19,20). The number of nitrogens with one attached hydrogen (secondary N) is 1. The third-order valence-corrected chi connectivity index (χ3v) is 4.97. The Labute approximate surface area is 149 Å². The molecular weight excluding hydrogens is 409 g/mol. The molecule has 0 saturated heterocycles. The fourth-order valence-corrected chi connectivity index (χ4v) is 3.43. The first kappa shape index (κ1) is 17.1. The van der Waals surface area contributed by atoms with Crippen molar-refractivity contribution in [2.24, 2.45) is 0 Å². The van der Waals surface area contributed by atoms with Gasteiger partial charge in [0, 0.05) is 14.2 Å². The Balaban J connectivity index is 1.99. The van der Waals surface area contributed by atoms with Crippen LogP contribution < -0.4 is 10.1 Å². The molecule has 0 spiro atoms. The summed E-state index contributed by atoms with van der Waals surface area (Å²) in [5, 5.41) is 2.82. The van der Waals surface area contributed by atoms with Crippen LogP contribution in [0.15, 0.2) is 47.4 Å². The van der Waals surface area contributed by atoms with Gasteiger partial charge in [-0.05, 0) is 84.5 Å². The molecule has 116 valence electrons. The van der Waals surface area contributed by atoms with E-state index in [9.17, 15) is 4.79 Å². The normalized spacial score (nSPS) is 11.8. The number of rotatable bonds is 5. The molecule has 0 bridgehead atoms. The number of anilines is 1. The van der Waals surface area contributed by atoms with Crippen LogP contribution in [-0.4, -0.2) is 18.3 Å². The number of hydrogen-bond acceptors (Lipinski definition) is 3. The Bertz CT molecular complexity index is 658. The average molecular weight is 427 g/mol. The number of carbonyl (C=O) groups is 1. The number of amides is 1. The molecule has 2 rings (SSSR count). The fourth-order valence-electron chi connectivity index (χ4n) is 1.91. The second-order valence-corrected chi connectivity index (χ2v) is 7.54. The summed E-state index contributed by atoms with van der Waals surface area (Å²) in [5.74, 6) is 0.820. The first-order valence-electron chi connectivity index (χ1n) is 6.87. The largest absolute Gasteiger partial charge is 0.497 e. The molecule has 1 atom stereocenters. The number of carbonyl (C=O) groups excluding carboxylic acids is 1. The van der Waals surface area contributed by atoms with E-state index >= 15 is 0 Å². The summed E-state index contributed by atoms with van der Waals surface area (Å²) in [4.78, 5) is 13.4. The van der Waals surface area contributed by atoms with Gasteiger partial charge in [-0.15, -0.1) is 11.8 Å². The Hall–Kier alpha value is -1.21. The number of halogens is 1. The van der Waals surface area contributed by atoms with Crippen molar-refractivity contribution in [1.82, 2.24) is 0 Å². The van der Waals surface area contributed by atoms with Crippen molar-refractivity contribution in [3.63, 3.8) is 0 Å². The summed E-state index contributed by atoms with van der Waals surface area (Å²) < 4.78 is 6.30. The molecule has 0 heterocycles. The molecule has 0 aliphatic heterocycles. The smallest absolute Gasteiger partial charge is 0.237 e. The van der Waals surface area contributed by atoms with Gasteiger partial charge < -0.3 is 10.1 Å². The maximum Gasteiger partial charge on any atom is 0.237 e. The minimum absolute atomic E-state index is 0.00475. The average Bonchev–Trinajstić information content (AvgIpc) is 2.50. The van der Waals surface area contributed by atoms with Crippen LogP contribution in [0.3, 0.4) is 0 Å². The van der Waals surface area contributed by atoms with Crippen LogP contribution >= 0.6 is 34.4 Å². The number of benzene rings is 2. The maximum atomic E-state index is 12.3. The van der Waals surface area contributed by atoms with Gasteiger partial charge in [0.2, 0.25) is 5.91 Å². The Morgan fingerprint density at radius 1 is 1.23 bits per heavy atom. The number of ether oxygens (including phenoxy) is 1. The van der Waals surface area contributed by atoms with E-state index in [1.165, 1.54) is 11.8 Å². The van der Waals surface area contributed by atoms with Crippen molar-refractivity contribution in [3.8, 4) is 5.75 Å². The van der Waals surface area contributed by atoms with Gasteiger partial charge in [-0.3, -0.25) is 4.79 Å². The van der Waals surface area contributed by atoms with Gasteiger partial charge in [0.05, 0.1) is 12.4 Å². The van der Waals surface area contributed by atoms with E-state index in [2.05, 4.69) is 34.0 Å². The van der Waals surface area contributed by atoms with E-state index < -0.39 is 0 Å². The lowest BCUT2D eigenvalue weighted by Crippen LogP contribution is -2.22. The molecule has 0 fully saturated rings. The van der Waals surface area contributed by atoms with E-state index in [-0.39, 0.29) is 11.2 Å². The Morgan fingerprint density at radius 3 is 2.50 bits per heavy atom. The van der Waals surface area contributed by atoms with Gasteiger partial charge in [-0.2, -0.15) is 0 Å². The minimum Gasteiger partial charge on any atom is -0.497 e. The predicted molar refractivity (Wildman–Crippen MR) is 101 cm³/mol. The lowest BCUT2D eigenvalue weighted by Gasteiger charge is -2.14. The van der Waals surface area contributed by atoms with E-state index in [1.54, 1.807) is 7.11 Å². The topological polar surface area (TPSA) is 38.3 Å². The van der Waals surface area contributed by atoms with Crippen molar-refractivity contribution < 1.29 is 9.53 Å².